The van der Waals surface area contributed by atoms with E-state index in [1.165, 1.54) is 15.9 Å². The van der Waals surface area contributed by atoms with Gasteiger partial charge >= 0.3 is 16.9 Å². The van der Waals surface area contributed by atoms with Crippen LogP contribution in [-0.4, -0.2) is 14.4 Å². The lowest BCUT2D eigenvalue weighted by atomic mass is 10.1. The standard InChI is InChI=1S/C12H4BrF9N2/c13-12(21,22)10(16,17)8-3-24(4-23-8)9-6(14)1-5(2-7(9)15)11(18,19)20/h1-4H. The molecule has 1 aromatic carbocycles. The smallest absolute Gasteiger partial charge is 0.300 e. The van der Waals surface area contributed by atoms with Crippen LogP contribution in [0.1, 0.15) is 11.3 Å². The summed E-state index contributed by atoms with van der Waals surface area (Å²) in [5.41, 5.74) is -4.35. The van der Waals surface area contributed by atoms with Crippen molar-refractivity contribution in [2.24, 2.45) is 0 Å². The number of rotatable bonds is 3. The topological polar surface area (TPSA) is 17.8 Å². The number of hydrogen-bond donors (Lipinski definition) is 0. The van der Waals surface area contributed by atoms with E-state index in [2.05, 4.69) is 4.98 Å². The van der Waals surface area contributed by atoms with Gasteiger partial charge in [-0.2, -0.15) is 30.7 Å². The lowest BCUT2D eigenvalue weighted by Crippen LogP contribution is -2.32. The summed E-state index contributed by atoms with van der Waals surface area (Å²) < 4.78 is 117. The number of hydrogen-bond acceptors (Lipinski definition) is 1. The summed E-state index contributed by atoms with van der Waals surface area (Å²) in [6.45, 7) is 0. The van der Waals surface area contributed by atoms with Crippen LogP contribution < -0.4 is 0 Å². The molecular formula is C12H4BrF9N2. The minimum atomic E-state index is -5.04. The van der Waals surface area contributed by atoms with Crippen LogP contribution in [0.3, 0.4) is 0 Å². The van der Waals surface area contributed by atoms with Gasteiger partial charge in [-0.05, 0) is 28.1 Å². The minimum Gasteiger partial charge on any atom is -0.300 e. The number of benzene rings is 1. The molecule has 0 amide bonds. The normalized spacial score (nSPS) is 13.4. The fourth-order valence-electron chi connectivity index (χ4n) is 1.73. The summed E-state index contributed by atoms with van der Waals surface area (Å²) in [5, 5.41) is 0. The third-order valence-corrected chi connectivity index (χ3v) is 3.36. The zero-order chi connectivity index (χ0) is 18.5. The van der Waals surface area contributed by atoms with Gasteiger partial charge in [0, 0.05) is 6.20 Å². The predicted molar refractivity (Wildman–Crippen MR) is 66.2 cm³/mol. The highest BCUT2D eigenvalue weighted by Gasteiger charge is 2.57. The van der Waals surface area contributed by atoms with E-state index in [4.69, 9.17) is 0 Å². The average molecular weight is 427 g/mol. The van der Waals surface area contributed by atoms with Crippen LogP contribution in [-0.2, 0) is 12.1 Å². The van der Waals surface area contributed by atoms with Crippen LogP contribution in [0.2, 0.25) is 0 Å². The van der Waals surface area contributed by atoms with Crippen LogP contribution in [0.25, 0.3) is 5.69 Å². The Morgan fingerprint density at radius 3 is 1.83 bits per heavy atom. The van der Waals surface area contributed by atoms with Crippen molar-refractivity contribution < 1.29 is 39.5 Å². The van der Waals surface area contributed by atoms with Crippen molar-refractivity contribution in [3.05, 3.63) is 47.5 Å². The third-order valence-electron chi connectivity index (χ3n) is 2.86. The first-order chi connectivity index (χ1) is 10.7. The van der Waals surface area contributed by atoms with Crippen molar-refractivity contribution in [1.29, 1.82) is 0 Å². The fourth-order valence-corrected chi connectivity index (χ4v) is 1.93. The van der Waals surface area contributed by atoms with Gasteiger partial charge in [-0.1, -0.05) is 0 Å². The maximum Gasteiger partial charge on any atom is 0.416 e. The summed E-state index contributed by atoms with van der Waals surface area (Å²) in [4.78, 5) is -1.77. The van der Waals surface area contributed by atoms with Crippen LogP contribution in [0.15, 0.2) is 24.7 Å². The molecule has 0 aliphatic carbocycles. The first kappa shape index (κ1) is 18.6. The van der Waals surface area contributed by atoms with Crippen LogP contribution in [0.5, 0.6) is 0 Å². The zero-order valence-corrected chi connectivity index (χ0v) is 12.6. The Hall–Kier alpha value is -1.72. The van der Waals surface area contributed by atoms with Crippen molar-refractivity contribution in [3.63, 3.8) is 0 Å². The van der Waals surface area contributed by atoms with Gasteiger partial charge in [0.05, 0.1) is 11.9 Å². The Labute approximate surface area is 136 Å². The van der Waals surface area contributed by atoms with E-state index >= 15 is 0 Å². The molecule has 0 aliphatic heterocycles. The van der Waals surface area contributed by atoms with Crippen molar-refractivity contribution in [2.45, 2.75) is 16.9 Å². The second-order valence-corrected chi connectivity index (χ2v) is 5.52. The number of nitrogens with zero attached hydrogens (tertiary/aromatic N) is 2. The second-order valence-electron chi connectivity index (χ2n) is 4.52. The average Bonchev–Trinajstić information content (AvgIpc) is 2.85. The van der Waals surface area contributed by atoms with E-state index in [1.54, 1.807) is 0 Å². The Kier molecular flexibility index (Phi) is 4.40. The highest BCUT2D eigenvalue weighted by Crippen LogP contribution is 2.46. The second kappa shape index (κ2) is 5.67. The molecule has 0 aliphatic rings. The van der Waals surface area contributed by atoms with Gasteiger partial charge in [0.2, 0.25) is 0 Å². The van der Waals surface area contributed by atoms with Gasteiger partial charge in [-0.3, -0.25) is 0 Å². The first-order valence-electron chi connectivity index (χ1n) is 5.81. The zero-order valence-electron chi connectivity index (χ0n) is 11.0. The fraction of sp³-hybridized carbons (Fsp3) is 0.250. The molecule has 2 nitrogen and oxygen atoms in total. The molecular weight excluding hydrogens is 423 g/mol. The molecule has 1 aromatic heterocycles. The molecule has 0 bridgehead atoms. The predicted octanol–water partition coefficient (Wildman–Crippen LogP) is 5.25. The molecule has 2 aromatic rings. The maximum absolute atomic E-state index is 13.7. The molecule has 0 N–H and O–H groups in total. The van der Waals surface area contributed by atoms with E-state index in [0.717, 1.165) is 0 Å². The molecule has 0 unspecified atom stereocenters. The van der Waals surface area contributed by atoms with Gasteiger partial charge in [0.1, 0.15) is 11.4 Å². The highest BCUT2D eigenvalue weighted by molar-refractivity contribution is 9.10. The van der Waals surface area contributed by atoms with Gasteiger partial charge in [0.25, 0.3) is 0 Å². The number of halogens is 10. The Balaban J connectivity index is 2.52. The van der Waals surface area contributed by atoms with Crippen molar-refractivity contribution in [3.8, 4) is 5.69 Å². The largest absolute Gasteiger partial charge is 0.416 e. The summed E-state index contributed by atoms with van der Waals surface area (Å²) in [7, 11) is 0. The van der Waals surface area contributed by atoms with Crippen LogP contribution in [0.4, 0.5) is 39.5 Å². The molecule has 0 atom stereocenters. The summed E-state index contributed by atoms with van der Waals surface area (Å²) in [6, 6.07) is -0.120. The van der Waals surface area contributed by atoms with E-state index in [9.17, 15) is 39.5 Å². The maximum atomic E-state index is 13.7. The molecule has 0 radical (unpaired) electrons. The molecule has 0 saturated carbocycles. The molecule has 0 saturated heterocycles. The molecule has 132 valence electrons. The monoisotopic (exact) mass is 426 g/mol. The quantitative estimate of drug-likeness (QED) is 0.484. The van der Waals surface area contributed by atoms with Gasteiger partial charge in [0.15, 0.2) is 11.6 Å². The molecule has 0 spiro atoms. The number of alkyl halides is 8. The van der Waals surface area contributed by atoms with Crippen molar-refractivity contribution in [1.82, 2.24) is 9.55 Å². The first-order valence-corrected chi connectivity index (χ1v) is 6.60. The summed E-state index contributed by atoms with van der Waals surface area (Å²) in [6.07, 6.45) is -4.48. The molecule has 0 fully saturated rings. The lowest BCUT2D eigenvalue weighted by molar-refractivity contribution is -0.156. The SMILES string of the molecule is Fc1cc(C(F)(F)F)cc(F)c1-n1cnc(C(F)(F)C(F)(F)Br)c1. The van der Waals surface area contributed by atoms with E-state index in [0.29, 0.717) is 6.33 Å². The molecule has 24 heavy (non-hydrogen) atoms. The van der Waals surface area contributed by atoms with Crippen LogP contribution >= 0.6 is 15.9 Å². The van der Waals surface area contributed by atoms with E-state index < -0.39 is 45.5 Å². The molecule has 12 heteroatoms. The molecule has 2 rings (SSSR count). The lowest BCUT2D eigenvalue weighted by Gasteiger charge is -2.19. The molecule has 1 heterocycles. The Morgan fingerprint density at radius 2 is 1.42 bits per heavy atom. The van der Waals surface area contributed by atoms with Gasteiger partial charge < -0.3 is 4.57 Å². The number of imidazole rings is 1. The Bertz CT molecular complexity index is 738. The third kappa shape index (κ3) is 3.23. The number of aromatic nitrogens is 2. The Morgan fingerprint density at radius 1 is 0.917 bits per heavy atom. The van der Waals surface area contributed by atoms with Crippen molar-refractivity contribution in [2.75, 3.05) is 0 Å². The highest BCUT2D eigenvalue weighted by atomic mass is 79.9. The van der Waals surface area contributed by atoms with E-state index in [-0.39, 0.29) is 22.9 Å². The summed E-state index contributed by atoms with van der Waals surface area (Å²) in [5.74, 6) is -8.29. The van der Waals surface area contributed by atoms with Crippen LogP contribution in [0, 0.1) is 11.6 Å². The minimum absolute atomic E-state index is 0.0602. The summed E-state index contributed by atoms with van der Waals surface area (Å²) >= 11 is 1.46. The van der Waals surface area contributed by atoms with E-state index in [1.807, 2.05) is 0 Å². The van der Waals surface area contributed by atoms with Crippen molar-refractivity contribution >= 4 is 15.9 Å². The van der Waals surface area contributed by atoms with Gasteiger partial charge in [-0.15, -0.1) is 0 Å². The van der Waals surface area contributed by atoms with Gasteiger partial charge in [-0.25, -0.2) is 13.8 Å².